The number of rotatable bonds is 1. The standard InChI is InChI=1S/C14H15F4NO/c1-9-19-12(2,10-6-4-5-7-11(10)15)8-13(3,20-9)14(16,17)18/h4-7H,8H2,1-3H3/t12-,13-/m0/s1. The Bertz CT molecular complexity index is 554. The molecule has 0 unspecified atom stereocenters. The summed E-state index contributed by atoms with van der Waals surface area (Å²) in [6.07, 6.45) is -5.03. The average Bonchev–Trinajstić information content (AvgIpc) is 2.25. The van der Waals surface area contributed by atoms with E-state index >= 15 is 0 Å². The van der Waals surface area contributed by atoms with Gasteiger partial charge in [0.1, 0.15) is 5.82 Å². The van der Waals surface area contributed by atoms with E-state index in [2.05, 4.69) is 4.99 Å². The first-order valence-electron chi connectivity index (χ1n) is 6.15. The van der Waals surface area contributed by atoms with Crippen LogP contribution in [0.4, 0.5) is 17.6 Å². The molecule has 0 spiro atoms. The average molecular weight is 289 g/mol. The third-order valence-electron chi connectivity index (χ3n) is 3.51. The fraction of sp³-hybridized carbons (Fsp3) is 0.500. The molecule has 1 heterocycles. The summed E-state index contributed by atoms with van der Waals surface area (Å²) in [5, 5.41) is 0. The summed E-state index contributed by atoms with van der Waals surface area (Å²) in [7, 11) is 0. The zero-order chi connectivity index (χ0) is 15.2. The van der Waals surface area contributed by atoms with Gasteiger partial charge in [-0.2, -0.15) is 13.2 Å². The second-order valence-electron chi connectivity index (χ2n) is 5.39. The number of benzene rings is 1. The van der Waals surface area contributed by atoms with E-state index in [9.17, 15) is 17.6 Å². The molecule has 1 aliphatic heterocycles. The molecule has 0 saturated heterocycles. The van der Waals surface area contributed by atoms with Gasteiger partial charge in [-0.3, -0.25) is 0 Å². The van der Waals surface area contributed by atoms with E-state index in [1.807, 2.05) is 0 Å². The van der Waals surface area contributed by atoms with Crippen LogP contribution >= 0.6 is 0 Å². The normalized spacial score (nSPS) is 30.6. The third kappa shape index (κ3) is 2.39. The number of alkyl halides is 3. The third-order valence-corrected chi connectivity index (χ3v) is 3.51. The number of ether oxygens (including phenoxy) is 1. The molecular weight excluding hydrogens is 274 g/mol. The molecule has 110 valence electrons. The Hall–Kier alpha value is -1.59. The van der Waals surface area contributed by atoms with Gasteiger partial charge in [0.25, 0.3) is 0 Å². The smallest absolute Gasteiger partial charge is 0.428 e. The molecule has 1 aromatic carbocycles. The van der Waals surface area contributed by atoms with E-state index in [-0.39, 0.29) is 11.5 Å². The Morgan fingerprint density at radius 1 is 1.20 bits per heavy atom. The Balaban J connectivity index is 2.52. The van der Waals surface area contributed by atoms with Crippen molar-refractivity contribution in [2.24, 2.45) is 4.99 Å². The van der Waals surface area contributed by atoms with Crippen molar-refractivity contribution >= 4 is 5.90 Å². The van der Waals surface area contributed by atoms with Gasteiger partial charge < -0.3 is 4.74 Å². The Kier molecular flexibility index (Phi) is 3.31. The number of halogens is 4. The number of hydrogen-bond acceptors (Lipinski definition) is 2. The number of nitrogens with zero attached hydrogens (tertiary/aromatic N) is 1. The molecule has 0 amide bonds. The van der Waals surface area contributed by atoms with Gasteiger partial charge in [-0.1, -0.05) is 18.2 Å². The largest absolute Gasteiger partial charge is 0.465 e. The Labute approximate surface area is 114 Å². The van der Waals surface area contributed by atoms with Crippen molar-refractivity contribution in [1.29, 1.82) is 0 Å². The summed E-state index contributed by atoms with van der Waals surface area (Å²) < 4.78 is 58.4. The molecule has 0 aromatic heterocycles. The highest BCUT2D eigenvalue weighted by Gasteiger charge is 2.59. The minimum absolute atomic E-state index is 0.0955. The lowest BCUT2D eigenvalue weighted by Crippen LogP contribution is -2.53. The van der Waals surface area contributed by atoms with E-state index < -0.39 is 29.6 Å². The molecule has 2 rings (SSSR count). The first kappa shape index (κ1) is 14.8. The van der Waals surface area contributed by atoms with Crippen molar-refractivity contribution in [2.45, 2.75) is 44.5 Å². The van der Waals surface area contributed by atoms with Gasteiger partial charge in [0, 0.05) is 18.9 Å². The van der Waals surface area contributed by atoms with Crippen molar-refractivity contribution in [3.05, 3.63) is 35.6 Å². The first-order chi connectivity index (χ1) is 9.07. The SMILES string of the molecule is CC1=N[C@](C)(c2ccccc2F)C[C@@](C)(C(F)(F)F)O1. The van der Waals surface area contributed by atoms with Crippen molar-refractivity contribution < 1.29 is 22.3 Å². The van der Waals surface area contributed by atoms with Crippen LogP contribution in [0.5, 0.6) is 0 Å². The van der Waals surface area contributed by atoms with Crippen molar-refractivity contribution in [1.82, 2.24) is 0 Å². The molecular formula is C14H15F4NO. The van der Waals surface area contributed by atoms with Crippen molar-refractivity contribution in [3.8, 4) is 0 Å². The summed E-state index contributed by atoms with van der Waals surface area (Å²) in [6.45, 7) is 3.80. The van der Waals surface area contributed by atoms with E-state index in [0.717, 1.165) is 6.92 Å². The van der Waals surface area contributed by atoms with E-state index in [0.29, 0.717) is 0 Å². The molecule has 0 fully saturated rings. The molecule has 20 heavy (non-hydrogen) atoms. The second-order valence-corrected chi connectivity index (χ2v) is 5.39. The van der Waals surface area contributed by atoms with Gasteiger partial charge in [-0.05, 0) is 19.9 Å². The lowest BCUT2D eigenvalue weighted by atomic mass is 9.80. The van der Waals surface area contributed by atoms with Crippen LogP contribution < -0.4 is 0 Å². The highest BCUT2D eigenvalue weighted by molar-refractivity contribution is 5.75. The van der Waals surface area contributed by atoms with Crippen molar-refractivity contribution in [2.75, 3.05) is 0 Å². The fourth-order valence-electron chi connectivity index (χ4n) is 2.64. The van der Waals surface area contributed by atoms with Crippen LogP contribution in [0.1, 0.15) is 32.8 Å². The summed E-state index contributed by atoms with van der Waals surface area (Å²) in [4.78, 5) is 4.11. The molecule has 0 aliphatic carbocycles. The molecule has 6 heteroatoms. The van der Waals surface area contributed by atoms with E-state index in [4.69, 9.17) is 4.74 Å². The molecule has 0 saturated carbocycles. The molecule has 1 aromatic rings. The maximum Gasteiger partial charge on any atom is 0.428 e. The molecule has 2 nitrogen and oxygen atoms in total. The van der Waals surface area contributed by atoms with Crippen LogP contribution in [-0.4, -0.2) is 17.7 Å². The van der Waals surface area contributed by atoms with Gasteiger partial charge in [0.2, 0.25) is 5.60 Å². The highest BCUT2D eigenvalue weighted by atomic mass is 19.4. The van der Waals surface area contributed by atoms with Crippen LogP contribution in [0, 0.1) is 5.82 Å². The molecule has 2 atom stereocenters. The lowest BCUT2D eigenvalue weighted by Gasteiger charge is -2.42. The predicted octanol–water partition coefficient (Wildman–Crippen LogP) is 4.20. The molecule has 0 bridgehead atoms. The molecule has 0 radical (unpaired) electrons. The maximum absolute atomic E-state index is 13.9. The van der Waals surface area contributed by atoms with E-state index in [1.165, 1.54) is 32.0 Å². The Morgan fingerprint density at radius 3 is 2.35 bits per heavy atom. The molecule has 0 N–H and O–H groups in total. The van der Waals surface area contributed by atoms with Crippen LogP contribution in [0.2, 0.25) is 0 Å². The predicted molar refractivity (Wildman–Crippen MR) is 67.0 cm³/mol. The number of hydrogen-bond donors (Lipinski definition) is 0. The van der Waals surface area contributed by atoms with Gasteiger partial charge in [-0.25, -0.2) is 9.38 Å². The van der Waals surface area contributed by atoms with Gasteiger partial charge in [-0.15, -0.1) is 0 Å². The minimum Gasteiger partial charge on any atom is -0.465 e. The topological polar surface area (TPSA) is 21.6 Å². The van der Waals surface area contributed by atoms with Gasteiger partial charge >= 0.3 is 6.18 Å². The zero-order valence-corrected chi connectivity index (χ0v) is 11.4. The van der Waals surface area contributed by atoms with Gasteiger partial charge in [0.05, 0.1) is 5.54 Å². The summed E-state index contributed by atoms with van der Waals surface area (Å²) in [5.74, 6) is -0.667. The van der Waals surface area contributed by atoms with Crippen molar-refractivity contribution in [3.63, 3.8) is 0 Å². The van der Waals surface area contributed by atoms with Crippen LogP contribution in [0.25, 0.3) is 0 Å². The zero-order valence-electron chi connectivity index (χ0n) is 11.4. The first-order valence-corrected chi connectivity index (χ1v) is 6.15. The van der Waals surface area contributed by atoms with Crippen LogP contribution in [0.15, 0.2) is 29.3 Å². The van der Waals surface area contributed by atoms with Gasteiger partial charge in [0.15, 0.2) is 5.90 Å². The quantitative estimate of drug-likeness (QED) is 0.710. The maximum atomic E-state index is 13.9. The summed E-state index contributed by atoms with van der Waals surface area (Å²) >= 11 is 0. The number of aliphatic imine (C=N–C) groups is 1. The van der Waals surface area contributed by atoms with Crippen LogP contribution in [0.3, 0.4) is 0 Å². The monoisotopic (exact) mass is 289 g/mol. The summed E-state index contributed by atoms with van der Waals surface area (Å²) in [6, 6.07) is 5.73. The Morgan fingerprint density at radius 2 is 1.80 bits per heavy atom. The van der Waals surface area contributed by atoms with E-state index in [1.54, 1.807) is 6.07 Å². The minimum atomic E-state index is -4.56. The summed E-state index contributed by atoms with van der Waals surface area (Å²) in [5.41, 5.74) is -3.55. The van der Waals surface area contributed by atoms with Crippen LogP contribution in [-0.2, 0) is 10.3 Å². The molecule has 1 aliphatic rings. The fourth-order valence-corrected chi connectivity index (χ4v) is 2.64. The second kappa shape index (κ2) is 4.46. The lowest BCUT2D eigenvalue weighted by molar-refractivity contribution is -0.257. The highest BCUT2D eigenvalue weighted by Crippen LogP contribution is 2.47.